The second kappa shape index (κ2) is 10.7. The third-order valence-corrected chi connectivity index (χ3v) is 4.49. The van der Waals surface area contributed by atoms with Crippen LogP contribution in [0.4, 0.5) is 0 Å². The van der Waals surface area contributed by atoms with Gasteiger partial charge in [0.25, 0.3) is 0 Å². The number of rotatable bonds is 6. The molecule has 134 valence electrons. The highest BCUT2D eigenvalue weighted by Crippen LogP contribution is 2.21. The average molecular weight is 372 g/mol. The number of hydrogen-bond donors (Lipinski definition) is 1. The van der Waals surface area contributed by atoms with E-state index in [1.54, 1.807) is 12.5 Å². The predicted octanol–water partition coefficient (Wildman–Crippen LogP) is 2.93. The Morgan fingerprint density at radius 1 is 1.21 bits per heavy atom. The number of nitrogens with one attached hydrogen (secondary N) is 1. The molecule has 5 nitrogen and oxygen atoms in total. The molecule has 1 aliphatic heterocycles. The molecular weight excluding hydrogens is 345 g/mol. The van der Waals surface area contributed by atoms with Gasteiger partial charge in [0, 0.05) is 25.1 Å². The fourth-order valence-electron chi connectivity index (χ4n) is 3.10. The Morgan fingerprint density at radius 2 is 2.00 bits per heavy atom. The third kappa shape index (κ3) is 5.74. The van der Waals surface area contributed by atoms with Crippen molar-refractivity contribution in [3.05, 3.63) is 42.6 Å². The minimum Gasteiger partial charge on any atom is -0.320 e. The monoisotopic (exact) mass is 371 g/mol. The number of imidazole rings is 1. The Morgan fingerprint density at radius 3 is 2.58 bits per heavy atom. The zero-order valence-corrected chi connectivity index (χ0v) is 15.7. The zero-order valence-electron chi connectivity index (χ0n) is 14.1. The smallest absolute Gasteiger partial charge is 0.137 e. The van der Waals surface area contributed by atoms with E-state index in [4.69, 9.17) is 0 Å². The second-order valence-corrected chi connectivity index (χ2v) is 6.11. The lowest BCUT2D eigenvalue weighted by atomic mass is 9.93. The van der Waals surface area contributed by atoms with Gasteiger partial charge in [-0.2, -0.15) is 0 Å². The average Bonchev–Trinajstić information content (AvgIpc) is 3.09. The molecule has 0 atom stereocenters. The lowest BCUT2D eigenvalue weighted by Crippen LogP contribution is -2.34. The Hall–Kier alpha value is -1.14. The highest BCUT2D eigenvalue weighted by molar-refractivity contribution is 5.85. The van der Waals surface area contributed by atoms with Crippen molar-refractivity contribution >= 4 is 24.8 Å². The van der Waals surface area contributed by atoms with Crippen LogP contribution in [0, 0.1) is 5.92 Å². The molecule has 1 N–H and O–H groups in total. The fraction of sp³-hybridized carbons (Fsp3) is 0.529. The topological polar surface area (TPSA) is 46.0 Å². The second-order valence-electron chi connectivity index (χ2n) is 6.11. The summed E-state index contributed by atoms with van der Waals surface area (Å²) >= 11 is 0. The molecule has 1 fully saturated rings. The van der Waals surface area contributed by atoms with Gasteiger partial charge in [0.1, 0.15) is 12.1 Å². The van der Waals surface area contributed by atoms with Gasteiger partial charge < -0.3 is 5.32 Å². The van der Waals surface area contributed by atoms with Gasteiger partial charge in [-0.3, -0.25) is 9.47 Å². The van der Waals surface area contributed by atoms with E-state index in [1.807, 2.05) is 24.0 Å². The Labute approximate surface area is 156 Å². The molecule has 1 saturated heterocycles. The van der Waals surface area contributed by atoms with Crippen LogP contribution >= 0.6 is 24.8 Å². The quantitative estimate of drug-likeness (QED) is 0.847. The summed E-state index contributed by atoms with van der Waals surface area (Å²) < 4.78 is 1.93. The maximum absolute atomic E-state index is 4.53. The van der Waals surface area contributed by atoms with Crippen LogP contribution in [-0.2, 0) is 6.54 Å². The van der Waals surface area contributed by atoms with Gasteiger partial charge in [-0.15, -0.1) is 24.8 Å². The summed E-state index contributed by atoms with van der Waals surface area (Å²) in [6.45, 7) is 4.57. The molecule has 0 saturated carbocycles. The van der Waals surface area contributed by atoms with Crippen LogP contribution in [0.5, 0.6) is 0 Å². The van der Waals surface area contributed by atoms with Gasteiger partial charge in [-0.25, -0.2) is 9.97 Å². The number of aromatic nitrogens is 3. The Balaban J connectivity index is 0.00000144. The number of piperidine rings is 1. The Bertz CT molecular complexity index is 551. The molecular formula is C17H27Cl2N5. The molecule has 0 aromatic carbocycles. The molecule has 0 bridgehead atoms. The van der Waals surface area contributed by atoms with Crippen molar-refractivity contribution in [3.63, 3.8) is 0 Å². The standard InChI is InChI=1S/C17H25N5.2ClH/c1-18-7-4-15-5-9-21(10-6-15)13-16-2-3-17(20-12-16)22-11-8-19-14-22;;/h2-3,8,11-12,14-15,18H,4-7,9-10,13H2,1H3;2*1H. The number of hydrogen-bond acceptors (Lipinski definition) is 4. The van der Waals surface area contributed by atoms with Crippen LogP contribution in [0.25, 0.3) is 5.82 Å². The molecule has 0 aliphatic carbocycles. The first-order chi connectivity index (χ1) is 10.8. The number of nitrogens with zero attached hydrogens (tertiary/aromatic N) is 4. The van der Waals surface area contributed by atoms with Gasteiger partial charge in [0.15, 0.2) is 0 Å². The SMILES string of the molecule is CNCCC1CCN(Cc2ccc(-n3ccnc3)nc2)CC1.Cl.Cl. The van der Waals surface area contributed by atoms with E-state index in [-0.39, 0.29) is 24.8 Å². The minimum atomic E-state index is 0. The molecule has 2 aromatic heterocycles. The van der Waals surface area contributed by atoms with Crippen LogP contribution in [0.1, 0.15) is 24.8 Å². The van der Waals surface area contributed by atoms with Crippen molar-refractivity contribution in [1.82, 2.24) is 24.8 Å². The van der Waals surface area contributed by atoms with Crippen molar-refractivity contribution in [2.45, 2.75) is 25.8 Å². The molecule has 0 spiro atoms. The van der Waals surface area contributed by atoms with Crippen molar-refractivity contribution in [2.24, 2.45) is 5.92 Å². The van der Waals surface area contributed by atoms with Crippen molar-refractivity contribution in [3.8, 4) is 5.82 Å². The number of pyridine rings is 1. The van der Waals surface area contributed by atoms with Gasteiger partial charge in [-0.05, 0) is 63.5 Å². The Kier molecular flexibility index (Phi) is 9.29. The first-order valence-electron chi connectivity index (χ1n) is 8.15. The summed E-state index contributed by atoms with van der Waals surface area (Å²) in [5.74, 6) is 1.82. The first kappa shape index (κ1) is 20.9. The highest BCUT2D eigenvalue weighted by Gasteiger charge is 2.18. The summed E-state index contributed by atoms with van der Waals surface area (Å²) in [6, 6.07) is 4.24. The molecule has 2 aromatic rings. The van der Waals surface area contributed by atoms with E-state index < -0.39 is 0 Å². The summed E-state index contributed by atoms with van der Waals surface area (Å²) in [4.78, 5) is 11.1. The molecule has 3 heterocycles. The van der Waals surface area contributed by atoms with E-state index in [0.717, 1.165) is 24.8 Å². The lowest BCUT2D eigenvalue weighted by molar-refractivity contribution is 0.172. The summed E-state index contributed by atoms with van der Waals surface area (Å²) in [5.41, 5.74) is 1.29. The van der Waals surface area contributed by atoms with E-state index in [2.05, 4.69) is 32.3 Å². The molecule has 0 radical (unpaired) electrons. The van der Waals surface area contributed by atoms with Gasteiger partial charge in [0.05, 0.1) is 0 Å². The zero-order chi connectivity index (χ0) is 15.2. The van der Waals surface area contributed by atoms with E-state index in [1.165, 1.54) is 37.9 Å². The maximum Gasteiger partial charge on any atom is 0.137 e. The van der Waals surface area contributed by atoms with Crippen LogP contribution < -0.4 is 5.32 Å². The summed E-state index contributed by atoms with van der Waals surface area (Å²) in [7, 11) is 2.04. The minimum absolute atomic E-state index is 0. The summed E-state index contributed by atoms with van der Waals surface area (Å²) in [5, 5.41) is 3.25. The largest absolute Gasteiger partial charge is 0.320 e. The van der Waals surface area contributed by atoms with Gasteiger partial charge >= 0.3 is 0 Å². The predicted molar refractivity (Wildman–Crippen MR) is 102 cm³/mol. The van der Waals surface area contributed by atoms with Crippen LogP contribution in [0.2, 0.25) is 0 Å². The fourth-order valence-corrected chi connectivity index (χ4v) is 3.10. The number of likely N-dealkylation sites (tertiary alicyclic amines) is 1. The van der Waals surface area contributed by atoms with Crippen LogP contribution in [-0.4, -0.2) is 46.1 Å². The molecule has 0 amide bonds. The van der Waals surface area contributed by atoms with E-state index in [0.29, 0.717) is 0 Å². The third-order valence-electron chi connectivity index (χ3n) is 4.49. The van der Waals surface area contributed by atoms with E-state index in [9.17, 15) is 0 Å². The van der Waals surface area contributed by atoms with Gasteiger partial charge in [-0.1, -0.05) is 6.07 Å². The van der Waals surface area contributed by atoms with Gasteiger partial charge in [0.2, 0.25) is 0 Å². The molecule has 24 heavy (non-hydrogen) atoms. The van der Waals surface area contributed by atoms with Crippen LogP contribution in [0.3, 0.4) is 0 Å². The highest BCUT2D eigenvalue weighted by atomic mass is 35.5. The molecule has 0 unspecified atom stereocenters. The van der Waals surface area contributed by atoms with Crippen LogP contribution in [0.15, 0.2) is 37.1 Å². The first-order valence-corrected chi connectivity index (χ1v) is 8.15. The lowest BCUT2D eigenvalue weighted by Gasteiger charge is -2.31. The van der Waals surface area contributed by atoms with E-state index >= 15 is 0 Å². The maximum atomic E-state index is 4.53. The molecule has 7 heteroatoms. The number of halogens is 2. The van der Waals surface area contributed by atoms with Crippen molar-refractivity contribution < 1.29 is 0 Å². The van der Waals surface area contributed by atoms with Crippen molar-refractivity contribution in [2.75, 3.05) is 26.7 Å². The van der Waals surface area contributed by atoms with Crippen molar-refractivity contribution in [1.29, 1.82) is 0 Å². The normalized spacial score (nSPS) is 15.5. The molecule has 1 aliphatic rings. The molecule has 3 rings (SSSR count). The summed E-state index contributed by atoms with van der Waals surface area (Å²) in [6.07, 6.45) is 11.4.